The predicted octanol–water partition coefficient (Wildman–Crippen LogP) is 0.772. The number of hydrogen-bond donors (Lipinski definition) is 0. The van der Waals surface area contributed by atoms with Gasteiger partial charge >= 0.3 is 5.97 Å². The lowest BCUT2D eigenvalue weighted by Gasteiger charge is -2.39. The second-order valence-corrected chi connectivity index (χ2v) is 4.10. The normalized spacial score (nSPS) is 14.2. The fraction of sp³-hybridized carbons (Fsp3) is 1.00. The topological polar surface area (TPSA) is 55.4 Å². The van der Waals surface area contributed by atoms with Crippen LogP contribution in [0.25, 0.3) is 0 Å². The maximum atomic E-state index is 5.75. The highest BCUT2D eigenvalue weighted by molar-refractivity contribution is 5.98. The van der Waals surface area contributed by atoms with Gasteiger partial charge in [-0.15, -0.1) is 0 Å². The molecule has 0 spiro atoms. The van der Waals surface area contributed by atoms with E-state index in [1.807, 2.05) is 27.7 Å². The summed E-state index contributed by atoms with van der Waals surface area (Å²) in [4.78, 5) is 0. The summed E-state index contributed by atoms with van der Waals surface area (Å²) in [6, 6.07) is 0. The lowest BCUT2D eigenvalue weighted by atomic mass is 10.4. The first kappa shape index (κ1) is 19.0. The van der Waals surface area contributed by atoms with E-state index in [4.69, 9.17) is 28.1 Å². The maximum Gasteiger partial charge on any atom is 0.339 e. The van der Waals surface area contributed by atoms with Gasteiger partial charge in [0.2, 0.25) is 6.29 Å². The Morgan fingerprint density at radius 2 is 1.37 bits per heavy atom. The van der Waals surface area contributed by atoms with E-state index in [1.54, 1.807) is 6.92 Å². The summed E-state index contributed by atoms with van der Waals surface area (Å²) >= 11 is 0. The maximum absolute atomic E-state index is 5.75. The van der Waals surface area contributed by atoms with Crippen LogP contribution in [0.5, 0.6) is 0 Å². The Hall–Kier alpha value is -0.0231. The van der Waals surface area contributed by atoms with Crippen molar-refractivity contribution in [2.75, 3.05) is 26.4 Å². The van der Waals surface area contributed by atoms with E-state index >= 15 is 0 Å². The van der Waals surface area contributed by atoms with Gasteiger partial charge in [-0.25, -0.2) is 0 Å². The van der Waals surface area contributed by atoms with Gasteiger partial charge in [-0.05, 0) is 34.6 Å². The summed E-state index contributed by atoms with van der Waals surface area (Å²) in [5, 5.41) is 0. The van der Waals surface area contributed by atoms with Crippen LogP contribution in [-0.4, -0.2) is 55.5 Å². The molecule has 7 heteroatoms. The summed E-state index contributed by atoms with van der Waals surface area (Å²) in [5.74, 6) is -1.40. The third kappa shape index (κ3) is 6.31. The Balaban J connectivity index is 5.11. The van der Waals surface area contributed by atoms with Gasteiger partial charge in [-0.3, -0.25) is 4.74 Å². The van der Waals surface area contributed by atoms with Gasteiger partial charge in [0.1, 0.15) is 16.8 Å². The van der Waals surface area contributed by atoms with Gasteiger partial charge in [-0.2, -0.15) is 0 Å². The van der Waals surface area contributed by atoms with Crippen molar-refractivity contribution in [3.05, 3.63) is 0 Å². The van der Waals surface area contributed by atoms with Crippen LogP contribution in [0.3, 0.4) is 0 Å². The van der Waals surface area contributed by atoms with E-state index in [0.29, 0.717) is 36.9 Å². The first-order valence-corrected chi connectivity index (χ1v) is 7.63. The van der Waals surface area contributed by atoms with Gasteiger partial charge < -0.3 is 23.4 Å². The fourth-order valence-corrected chi connectivity index (χ4v) is 1.63. The minimum atomic E-state index is -1.40. The smallest absolute Gasteiger partial charge is 0.339 e. The molecule has 1 unspecified atom stereocenters. The van der Waals surface area contributed by atoms with E-state index in [0.717, 1.165) is 0 Å². The van der Waals surface area contributed by atoms with Crippen LogP contribution in [0, 0.1) is 0 Å². The lowest BCUT2D eigenvalue weighted by molar-refractivity contribution is -0.473. The highest BCUT2D eigenvalue weighted by Crippen LogP contribution is 2.26. The van der Waals surface area contributed by atoms with E-state index < -0.39 is 18.6 Å². The van der Waals surface area contributed by atoms with Crippen LogP contribution in [0.2, 0.25) is 0 Å². The van der Waals surface area contributed by atoms with Crippen molar-refractivity contribution in [3.8, 4) is 0 Å². The standard InChI is InChI=1S/C12H28O6Si/c1-6-13-11(14-7-2)12(15-8-3,16-9-4)17-10(5)18-19/h10-11H,6-9H2,1-5,19H3. The van der Waals surface area contributed by atoms with E-state index in [2.05, 4.69) is 0 Å². The zero-order chi connectivity index (χ0) is 14.7. The van der Waals surface area contributed by atoms with Gasteiger partial charge in [0, 0.05) is 26.4 Å². The summed E-state index contributed by atoms with van der Waals surface area (Å²) in [7, 11) is 0.557. The van der Waals surface area contributed by atoms with Crippen molar-refractivity contribution in [2.24, 2.45) is 0 Å². The van der Waals surface area contributed by atoms with Crippen molar-refractivity contribution in [2.45, 2.75) is 53.2 Å². The number of rotatable bonds is 12. The van der Waals surface area contributed by atoms with Crippen LogP contribution in [0.15, 0.2) is 0 Å². The average Bonchev–Trinajstić information content (AvgIpc) is 2.38. The van der Waals surface area contributed by atoms with Crippen LogP contribution < -0.4 is 0 Å². The summed E-state index contributed by atoms with van der Waals surface area (Å²) in [5.41, 5.74) is 0. The molecule has 0 fully saturated rings. The zero-order valence-corrected chi connectivity index (χ0v) is 14.9. The molecule has 19 heavy (non-hydrogen) atoms. The lowest BCUT2D eigenvalue weighted by Crippen LogP contribution is -2.54. The highest BCUT2D eigenvalue weighted by atomic mass is 28.2. The SMILES string of the molecule is CCOC(OCC)C(OCC)(OCC)OC(C)O[SiH3]. The van der Waals surface area contributed by atoms with Crippen LogP contribution in [0.1, 0.15) is 34.6 Å². The summed E-state index contributed by atoms with van der Waals surface area (Å²) in [6.45, 7) is 11.0. The first-order chi connectivity index (χ1) is 9.10. The zero-order valence-electron chi connectivity index (χ0n) is 12.9. The first-order valence-electron chi connectivity index (χ1n) is 6.81. The molecule has 0 saturated heterocycles. The molecule has 0 radical (unpaired) electrons. The van der Waals surface area contributed by atoms with Crippen molar-refractivity contribution in [1.82, 2.24) is 0 Å². The molecule has 0 aromatic rings. The van der Waals surface area contributed by atoms with Gasteiger partial charge in [0.15, 0.2) is 0 Å². The second kappa shape index (κ2) is 10.7. The minimum absolute atomic E-state index is 0.407. The molecule has 0 saturated carbocycles. The fourth-order valence-electron chi connectivity index (χ4n) is 1.54. The van der Waals surface area contributed by atoms with E-state index in [9.17, 15) is 0 Å². The van der Waals surface area contributed by atoms with Crippen LogP contribution in [0.4, 0.5) is 0 Å². The minimum Gasteiger partial charge on any atom is -0.404 e. The van der Waals surface area contributed by atoms with Crippen molar-refractivity contribution < 1.29 is 28.1 Å². The van der Waals surface area contributed by atoms with Crippen LogP contribution >= 0.6 is 0 Å². The molecule has 0 aliphatic rings. The van der Waals surface area contributed by atoms with Gasteiger partial charge in [-0.1, -0.05) is 0 Å². The third-order valence-electron chi connectivity index (χ3n) is 2.28. The predicted molar refractivity (Wildman–Crippen MR) is 74.6 cm³/mol. The van der Waals surface area contributed by atoms with Gasteiger partial charge in [0.25, 0.3) is 0 Å². The molecule has 116 valence electrons. The van der Waals surface area contributed by atoms with Crippen molar-refractivity contribution >= 4 is 10.5 Å². The molecule has 1 atom stereocenters. The molecule has 0 amide bonds. The highest BCUT2D eigenvalue weighted by Gasteiger charge is 2.46. The molecular weight excluding hydrogens is 268 g/mol. The molecule has 0 aromatic carbocycles. The van der Waals surface area contributed by atoms with Crippen LogP contribution in [-0.2, 0) is 28.1 Å². The van der Waals surface area contributed by atoms with Crippen molar-refractivity contribution in [1.29, 1.82) is 0 Å². The van der Waals surface area contributed by atoms with Gasteiger partial charge in [0.05, 0.1) is 0 Å². The molecule has 6 nitrogen and oxygen atoms in total. The molecule has 0 aliphatic heterocycles. The molecule has 0 heterocycles. The van der Waals surface area contributed by atoms with E-state index in [1.165, 1.54) is 0 Å². The largest absolute Gasteiger partial charge is 0.404 e. The average molecular weight is 296 g/mol. The summed E-state index contributed by atoms with van der Waals surface area (Å²) < 4.78 is 33.4. The molecule has 0 aromatic heterocycles. The number of hydrogen-bond acceptors (Lipinski definition) is 6. The monoisotopic (exact) mass is 296 g/mol. The second-order valence-electron chi connectivity index (χ2n) is 3.63. The van der Waals surface area contributed by atoms with Crippen molar-refractivity contribution in [3.63, 3.8) is 0 Å². The third-order valence-corrected chi connectivity index (χ3v) is 2.94. The van der Waals surface area contributed by atoms with E-state index in [-0.39, 0.29) is 0 Å². The molecule has 0 N–H and O–H groups in total. The molecule has 0 aliphatic carbocycles. The Morgan fingerprint density at radius 3 is 1.68 bits per heavy atom. The Morgan fingerprint density at radius 1 is 0.895 bits per heavy atom. The number of ether oxygens (including phenoxy) is 5. The molecular formula is C12H28O6Si. The summed E-state index contributed by atoms with van der Waals surface area (Å²) in [6.07, 6.45) is -1.21. The Kier molecular flexibility index (Phi) is 10.7. The molecule has 0 bridgehead atoms. The quantitative estimate of drug-likeness (QED) is 0.392. The Bertz CT molecular complexity index is 204. The molecule has 0 rings (SSSR count). The Labute approximate surface area is 119 Å².